The van der Waals surface area contributed by atoms with Gasteiger partial charge in [-0.2, -0.15) is 0 Å². The van der Waals surface area contributed by atoms with Crippen LogP contribution < -0.4 is 4.74 Å². The molecule has 2 rings (SSSR count). The van der Waals surface area contributed by atoms with Crippen molar-refractivity contribution in [1.29, 1.82) is 0 Å². The van der Waals surface area contributed by atoms with Crippen LogP contribution in [0.3, 0.4) is 0 Å². The van der Waals surface area contributed by atoms with E-state index in [0.717, 1.165) is 22.4 Å². The SMILES string of the molecule is BrCc1[c]c(Oc2ccccc2)ccc1. The second-order valence-corrected chi connectivity index (χ2v) is 3.65. The van der Waals surface area contributed by atoms with E-state index in [4.69, 9.17) is 4.74 Å². The van der Waals surface area contributed by atoms with Crippen molar-refractivity contribution in [3.63, 3.8) is 0 Å². The Bertz CT molecular complexity index is 426. The second-order valence-electron chi connectivity index (χ2n) is 3.09. The van der Waals surface area contributed by atoms with Crippen LogP contribution in [0.2, 0.25) is 0 Å². The summed E-state index contributed by atoms with van der Waals surface area (Å²) in [6.45, 7) is 0. The lowest BCUT2D eigenvalue weighted by Crippen LogP contribution is -1.85. The molecule has 0 heterocycles. The summed E-state index contributed by atoms with van der Waals surface area (Å²) < 4.78 is 5.64. The maximum absolute atomic E-state index is 5.64. The summed E-state index contributed by atoms with van der Waals surface area (Å²) in [5.41, 5.74) is 1.09. The molecule has 0 aliphatic carbocycles. The van der Waals surface area contributed by atoms with Crippen LogP contribution in [0.1, 0.15) is 5.56 Å². The summed E-state index contributed by atoms with van der Waals surface area (Å²) in [7, 11) is 0. The third-order valence-corrected chi connectivity index (χ3v) is 2.55. The topological polar surface area (TPSA) is 9.23 Å². The van der Waals surface area contributed by atoms with Gasteiger partial charge in [-0.15, -0.1) is 0 Å². The summed E-state index contributed by atoms with van der Waals surface area (Å²) in [6, 6.07) is 18.8. The Morgan fingerprint density at radius 2 is 1.80 bits per heavy atom. The lowest BCUT2D eigenvalue weighted by atomic mass is 10.2. The molecule has 0 aromatic heterocycles. The largest absolute Gasteiger partial charge is 0.457 e. The van der Waals surface area contributed by atoms with Gasteiger partial charge in [0.05, 0.1) is 0 Å². The van der Waals surface area contributed by atoms with E-state index in [1.54, 1.807) is 0 Å². The lowest BCUT2D eigenvalue weighted by molar-refractivity contribution is 0.481. The number of halogens is 1. The normalized spacial score (nSPS) is 9.93. The first-order valence-corrected chi connectivity index (χ1v) is 5.81. The Balaban J connectivity index is 2.17. The van der Waals surface area contributed by atoms with Crippen molar-refractivity contribution in [2.75, 3.05) is 0 Å². The Morgan fingerprint density at radius 1 is 1.00 bits per heavy atom. The fraction of sp³-hybridized carbons (Fsp3) is 0.0769. The van der Waals surface area contributed by atoms with Crippen LogP contribution in [0.5, 0.6) is 11.5 Å². The van der Waals surface area contributed by atoms with Gasteiger partial charge in [0.15, 0.2) is 0 Å². The zero-order valence-corrected chi connectivity index (χ0v) is 9.70. The smallest absolute Gasteiger partial charge is 0.135 e. The number of hydrogen-bond donors (Lipinski definition) is 0. The van der Waals surface area contributed by atoms with E-state index in [2.05, 4.69) is 22.0 Å². The van der Waals surface area contributed by atoms with Crippen molar-refractivity contribution < 1.29 is 4.74 Å². The lowest BCUT2D eigenvalue weighted by Gasteiger charge is -2.05. The van der Waals surface area contributed by atoms with Crippen LogP contribution in [-0.2, 0) is 5.33 Å². The molecular formula is C13H10BrO. The highest BCUT2D eigenvalue weighted by Crippen LogP contribution is 2.21. The third kappa shape index (κ3) is 2.83. The van der Waals surface area contributed by atoms with Crippen molar-refractivity contribution >= 4 is 15.9 Å². The van der Waals surface area contributed by atoms with Gasteiger partial charge in [-0.3, -0.25) is 0 Å². The van der Waals surface area contributed by atoms with E-state index in [0.29, 0.717) is 0 Å². The van der Waals surface area contributed by atoms with Crippen molar-refractivity contribution in [3.8, 4) is 11.5 Å². The fourth-order valence-electron chi connectivity index (χ4n) is 1.25. The van der Waals surface area contributed by atoms with E-state index < -0.39 is 0 Å². The number of benzene rings is 2. The quantitative estimate of drug-likeness (QED) is 0.754. The minimum Gasteiger partial charge on any atom is -0.457 e. The molecule has 2 heteroatoms. The van der Waals surface area contributed by atoms with Gasteiger partial charge in [0.25, 0.3) is 0 Å². The van der Waals surface area contributed by atoms with Crippen LogP contribution in [-0.4, -0.2) is 0 Å². The molecule has 0 bridgehead atoms. The van der Waals surface area contributed by atoms with Gasteiger partial charge < -0.3 is 4.74 Å². The van der Waals surface area contributed by atoms with Crippen LogP contribution in [0.15, 0.2) is 48.5 Å². The van der Waals surface area contributed by atoms with E-state index in [9.17, 15) is 0 Å². The van der Waals surface area contributed by atoms with Gasteiger partial charge in [0.2, 0.25) is 0 Å². The number of rotatable bonds is 3. The predicted octanol–water partition coefficient (Wildman–Crippen LogP) is 4.17. The van der Waals surface area contributed by atoms with E-state index in [1.165, 1.54) is 0 Å². The average Bonchev–Trinajstić information content (AvgIpc) is 2.31. The molecular weight excluding hydrogens is 252 g/mol. The summed E-state index contributed by atoms with van der Waals surface area (Å²) in [5, 5.41) is 0.791. The first kappa shape index (κ1) is 10.2. The zero-order valence-electron chi connectivity index (χ0n) is 8.11. The molecule has 0 saturated carbocycles. The van der Waals surface area contributed by atoms with Gasteiger partial charge in [0.1, 0.15) is 11.5 Å². The van der Waals surface area contributed by atoms with E-state index in [-0.39, 0.29) is 0 Å². The Kier molecular flexibility index (Phi) is 3.41. The molecule has 0 unspecified atom stereocenters. The molecule has 15 heavy (non-hydrogen) atoms. The molecule has 0 N–H and O–H groups in total. The summed E-state index contributed by atoms with van der Waals surface area (Å²) >= 11 is 3.39. The highest BCUT2D eigenvalue weighted by Gasteiger charge is 1.97. The number of alkyl halides is 1. The molecule has 0 spiro atoms. The molecule has 1 radical (unpaired) electrons. The molecule has 2 aromatic carbocycles. The van der Waals surface area contributed by atoms with E-state index >= 15 is 0 Å². The monoisotopic (exact) mass is 261 g/mol. The molecule has 75 valence electrons. The fourth-order valence-corrected chi connectivity index (χ4v) is 1.57. The molecule has 0 amide bonds. The molecule has 2 aromatic rings. The zero-order chi connectivity index (χ0) is 10.5. The van der Waals surface area contributed by atoms with Crippen molar-refractivity contribution in [2.24, 2.45) is 0 Å². The van der Waals surface area contributed by atoms with Crippen molar-refractivity contribution in [1.82, 2.24) is 0 Å². The Hall–Kier alpha value is -1.28. The number of ether oxygens (including phenoxy) is 1. The third-order valence-electron chi connectivity index (χ3n) is 1.94. The van der Waals surface area contributed by atoms with Crippen LogP contribution in [0.25, 0.3) is 0 Å². The molecule has 0 aliphatic heterocycles. The summed E-state index contributed by atoms with van der Waals surface area (Å²) in [6.07, 6.45) is 0. The number of para-hydroxylation sites is 1. The van der Waals surface area contributed by atoms with Gasteiger partial charge in [-0.25, -0.2) is 0 Å². The first-order valence-electron chi connectivity index (χ1n) is 4.68. The summed E-state index contributed by atoms with van der Waals surface area (Å²) in [4.78, 5) is 0. The standard InChI is InChI=1S/C13H10BrO/c14-10-11-5-4-8-13(9-11)15-12-6-2-1-3-7-12/h1-8H,10H2. The molecule has 0 saturated heterocycles. The Labute approximate surface area is 97.8 Å². The van der Waals surface area contributed by atoms with E-state index in [1.807, 2.05) is 48.5 Å². The van der Waals surface area contributed by atoms with Crippen LogP contribution >= 0.6 is 15.9 Å². The predicted molar refractivity (Wildman–Crippen MR) is 64.4 cm³/mol. The average molecular weight is 262 g/mol. The van der Waals surface area contributed by atoms with Gasteiger partial charge in [0, 0.05) is 11.4 Å². The maximum Gasteiger partial charge on any atom is 0.135 e. The maximum atomic E-state index is 5.64. The minimum atomic E-state index is 0.748. The van der Waals surface area contributed by atoms with Crippen LogP contribution in [0, 0.1) is 6.07 Å². The highest BCUT2D eigenvalue weighted by atomic mass is 79.9. The number of hydrogen-bond acceptors (Lipinski definition) is 1. The molecule has 1 nitrogen and oxygen atoms in total. The highest BCUT2D eigenvalue weighted by molar-refractivity contribution is 9.08. The van der Waals surface area contributed by atoms with Gasteiger partial charge >= 0.3 is 0 Å². The van der Waals surface area contributed by atoms with Crippen molar-refractivity contribution in [3.05, 3.63) is 60.2 Å². The summed E-state index contributed by atoms with van der Waals surface area (Å²) in [5.74, 6) is 1.58. The molecule has 0 atom stereocenters. The first-order chi connectivity index (χ1) is 7.38. The minimum absolute atomic E-state index is 0.748. The Morgan fingerprint density at radius 3 is 2.53 bits per heavy atom. The van der Waals surface area contributed by atoms with Crippen LogP contribution in [0.4, 0.5) is 0 Å². The van der Waals surface area contributed by atoms with Gasteiger partial charge in [-0.1, -0.05) is 46.3 Å². The van der Waals surface area contributed by atoms with Crippen molar-refractivity contribution in [2.45, 2.75) is 5.33 Å². The van der Waals surface area contributed by atoms with Gasteiger partial charge in [-0.05, 0) is 23.8 Å². The molecule has 0 fully saturated rings. The molecule has 0 aliphatic rings. The second kappa shape index (κ2) is 4.99.